The molecule has 0 saturated heterocycles. The van der Waals surface area contributed by atoms with Crippen molar-refractivity contribution < 1.29 is 13.2 Å². The number of rotatable bonds is 4. The SMILES string of the molecule is Cc1ccc(S(=O)(=O)Nc2cccc(C(=O)N(C)C)c2)c(C)c1. The molecule has 0 unspecified atom stereocenters. The normalized spacial score (nSPS) is 11.1. The highest BCUT2D eigenvalue weighted by atomic mass is 32.2. The van der Waals surface area contributed by atoms with E-state index in [0.717, 1.165) is 5.56 Å². The number of hydrogen-bond donors (Lipinski definition) is 1. The number of nitrogens with one attached hydrogen (secondary N) is 1. The molecule has 2 rings (SSSR count). The summed E-state index contributed by atoms with van der Waals surface area (Å²) in [7, 11) is -0.403. The molecule has 0 saturated carbocycles. The fourth-order valence-corrected chi connectivity index (χ4v) is 3.56. The highest BCUT2D eigenvalue weighted by Crippen LogP contribution is 2.21. The van der Waals surface area contributed by atoms with Gasteiger partial charge in [0.15, 0.2) is 0 Å². The molecule has 0 heterocycles. The predicted molar refractivity (Wildman–Crippen MR) is 91.2 cm³/mol. The lowest BCUT2D eigenvalue weighted by atomic mass is 10.2. The molecule has 23 heavy (non-hydrogen) atoms. The summed E-state index contributed by atoms with van der Waals surface area (Å²) in [5.41, 5.74) is 2.46. The first kappa shape index (κ1) is 17.0. The van der Waals surface area contributed by atoms with Gasteiger partial charge in [0.25, 0.3) is 15.9 Å². The van der Waals surface area contributed by atoms with Gasteiger partial charge in [0.05, 0.1) is 4.90 Å². The highest BCUT2D eigenvalue weighted by molar-refractivity contribution is 7.92. The average molecular weight is 332 g/mol. The maximum Gasteiger partial charge on any atom is 0.262 e. The minimum Gasteiger partial charge on any atom is -0.345 e. The molecule has 0 aromatic heterocycles. The second-order valence-electron chi connectivity index (χ2n) is 5.65. The van der Waals surface area contributed by atoms with Gasteiger partial charge >= 0.3 is 0 Å². The van der Waals surface area contributed by atoms with Gasteiger partial charge in [0.2, 0.25) is 0 Å². The highest BCUT2D eigenvalue weighted by Gasteiger charge is 2.17. The zero-order valence-corrected chi connectivity index (χ0v) is 14.4. The van der Waals surface area contributed by atoms with E-state index in [4.69, 9.17) is 0 Å². The molecule has 0 radical (unpaired) electrons. The fourth-order valence-electron chi connectivity index (χ4n) is 2.28. The summed E-state index contributed by atoms with van der Waals surface area (Å²) < 4.78 is 27.6. The van der Waals surface area contributed by atoms with Crippen LogP contribution in [0.4, 0.5) is 5.69 Å². The van der Waals surface area contributed by atoms with Crippen molar-refractivity contribution in [3.05, 3.63) is 59.2 Å². The average Bonchev–Trinajstić information content (AvgIpc) is 2.45. The van der Waals surface area contributed by atoms with E-state index in [1.807, 2.05) is 13.0 Å². The Morgan fingerprint density at radius 2 is 1.74 bits per heavy atom. The summed E-state index contributed by atoms with van der Waals surface area (Å²) in [5, 5.41) is 0. The summed E-state index contributed by atoms with van der Waals surface area (Å²) >= 11 is 0. The van der Waals surface area contributed by atoms with Gasteiger partial charge in [-0.2, -0.15) is 0 Å². The van der Waals surface area contributed by atoms with Crippen LogP contribution < -0.4 is 4.72 Å². The van der Waals surface area contributed by atoms with Crippen molar-refractivity contribution in [2.24, 2.45) is 0 Å². The van der Waals surface area contributed by atoms with E-state index in [9.17, 15) is 13.2 Å². The number of sulfonamides is 1. The molecule has 1 amide bonds. The first-order valence-electron chi connectivity index (χ1n) is 7.12. The molecule has 6 heteroatoms. The lowest BCUT2D eigenvalue weighted by molar-refractivity contribution is 0.0827. The molecule has 0 spiro atoms. The Labute approximate surface area is 137 Å². The molecular weight excluding hydrogens is 312 g/mol. The molecule has 0 aliphatic heterocycles. The van der Waals surface area contributed by atoms with Gasteiger partial charge in [-0.05, 0) is 43.7 Å². The van der Waals surface area contributed by atoms with Crippen LogP contribution in [-0.2, 0) is 10.0 Å². The third kappa shape index (κ3) is 3.90. The molecule has 122 valence electrons. The third-order valence-electron chi connectivity index (χ3n) is 3.39. The first-order valence-corrected chi connectivity index (χ1v) is 8.61. The zero-order valence-electron chi connectivity index (χ0n) is 13.6. The van der Waals surface area contributed by atoms with Crippen molar-refractivity contribution in [1.29, 1.82) is 0 Å². The Hall–Kier alpha value is -2.34. The predicted octanol–water partition coefficient (Wildman–Crippen LogP) is 2.81. The largest absolute Gasteiger partial charge is 0.345 e. The smallest absolute Gasteiger partial charge is 0.262 e. The van der Waals surface area contributed by atoms with Gasteiger partial charge in [-0.25, -0.2) is 8.42 Å². The molecule has 0 fully saturated rings. The number of carbonyl (C=O) groups excluding carboxylic acids is 1. The number of benzene rings is 2. The molecule has 2 aromatic carbocycles. The Morgan fingerprint density at radius 3 is 2.35 bits per heavy atom. The maximum absolute atomic E-state index is 12.5. The van der Waals surface area contributed by atoms with E-state index in [1.165, 1.54) is 11.0 Å². The Balaban J connectivity index is 2.34. The van der Waals surface area contributed by atoms with Gasteiger partial charge in [0, 0.05) is 25.3 Å². The van der Waals surface area contributed by atoms with Gasteiger partial charge in [-0.1, -0.05) is 23.8 Å². The summed E-state index contributed by atoms with van der Waals surface area (Å²) in [6, 6.07) is 11.6. The van der Waals surface area contributed by atoms with Crippen LogP contribution in [-0.4, -0.2) is 33.3 Å². The molecule has 0 aliphatic carbocycles. The first-order chi connectivity index (χ1) is 10.7. The molecule has 0 atom stereocenters. The van der Waals surface area contributed by atoms with Crippen LogP contribution in [0.3, 0.4) is 0 Å². The van der Waals surface area contributed by atoms with Gasteiger partial charge in [-0.3, -0.25) is 9.52 Å². The Bertz CT molecular complexity index is 843. The van der Waals surface area contributed by atoms with E-state index in [2.05, 4.69) is 4.72 Å². The number of aryl methyl sites for hydroxylation is 2. The number of nitrogens with zero attached hydrogens (tertiary/aromatic N) is 1. The van der Waals surface area contributed by atoms with Crippen LogP contribution in [0.5, 0.6) is 0 Å². The van der Waals surface area contributed by atoms with Gasteiger partial charge in [0.1, 0.15) is 0 Å². The second-order valence-corrected chi connectivity index (χ2v) is 7.31. The van der Waals surface area contributed by atoms with Crippen LogP contribution in [0.1, 0.15) is 21.5 Å². The second kappa shape index (κ2) is 6.42. The fraction of sp³-hybridized carbons (Fsp3) is 0.235. The van der Waals surface area contributed by atoms with Crippen LogP contribution in [0.2, 0.25) is 0 Å². The lowest BCUT2D eigenvalue weighted by Gasteiger charge is -2.13. The van der Waals surface area contributed by atoms with E-state index in [-0.39, 0.29) is 10.8 Å². The molecular formula is C17H20N2O3S. The molecule has 2 aromatic rings. The summed E-state index contributed by atoms with van der Waals surface area (Å²) in [4.78, 5) is 13.6. The van der Waals surface area contributed by atoms with E-state index >= 15 is 0 Å². The van der Waals surface area contributed by atoms with Crippen LogP contribution in [0, 0.1) is 13.8 Å². The van der Waals surface area contributed by atoms with Crippen molar-refractivity contribution in [3.63, 3.8) is 0 Å². The summed E-state index contributed by atoms with van der Waals surface area (Å²) in [5.74, 6) is -0.183. The van der Waals surface area contributed by atoms with Crippen molar-refractivity contribution in [2.75, 3.05) is 18.8 Å². The summed E-state index contributed by atoms with van der Waals surface area (Å²) in [6.45, 7) is 3.67. The topological polar surface area (TPSA) is 66.5 Å². The Kier molecular flexibility index (Phi) is 4.75. The van der Waals surface area contributed by atoms with E-state index < -0.39 is 10.0 Å². The van der Waals surface area contributed by atoms with Gasteiger partial charge in [-0.15, -0.1) is 0 Å². The van der Waals surface area contributed by atoms with E-state index in [0.29, 0.717) is 16.8 Å². The number of amides is 1. The van der Waals surface area contributed by atoms with Crippen LogP contribution >= 0.6 is 0 Å². The maximum atomic E-state index is 12.5. The minimum atomic E-state index is -3.70. The third-order valence-corrected chi connectivity index (χ3v) is 4.93. The van der Waals surface area contributed by atoms with Crippen molar-refractivity contribution in [3.8, 4) is 0 Å². The number of hydrogen-bond acceptors (Lipinski definition) is 3. The van der Waals surface area contributed by atoms with Crippen molar-refractivity contribution >= 4 is 21.6 Å². The van der Waals surface area contributed by atoms with Gasteiger partial charge < -0.3 is 4.90 Å². The van der Waals surface area contributed by atoms with Crippen LogP contribution in [0.25, 0.3) is 0 Å². The zero-order chi connectivity index (χ0) is 17.2. The van der Waals surface area contributed by atoms with Crippen molar-refractivity contribution in [2.45, 2.75) is 18.7 Å². The number of carbonyl (C=O) groups is 1. The quantitative estimate of drug-likeness (QED) is 0.936. The number of anilines is 1. The minimum absolute atomic E-state index is 0.183. The van der Waals surface area contributed by atoms with Crippen LogP contribution in [0.15, 0.2) is 47.4 Å². The Morgan fingerprint density at radius 1 is 1.04 bits per heavy atom. The monoisotopic (exact) mass is 332 g/mol. The molecule has 0 aliphatic rings. The molecule has 0 bridgehead atoms. The molecule has 5 nitrogen and oxygen atoms in total. The summed E-state index contributed by atoms with van der Waals surface area (Å²) in [6.07, 6.45) is 0. The molecule has 1 N–H and O–H groups in total. The van der Waals surface area contributed by atoms with E-state index in [1.54, 1.807) is 51.4 Å². The standard InChI is InChI=1S/C17H20N2O3S/c1-12-8-9-16(13(2)10-12)23(21,22)18-15-7-5-6-14(11-15)17(20)19(3)4/h5-11,18H,1-4H3. The van der Waals surface area contributed by atoms with Crippen molar-refractivity contribution in [1.82, 2.24) is 4.90 Å². The lowest BCUT2D eigenvalue weighted by Crippen LogP contribution is -2.22.